The predicted molar refractivity (Wildman–Crippen MR) is 101 cm³/mol. The summed E-state index contributed by atoms with van der Waals surface area (Å²) in [6.07, 6.45) is 3.40. The number of aliphatic hydroxyl groups excluding tert-OH is 1. The number of phenols is 1. The molecule has 0 spiro atoms. The van der Waals surface area contributed by atoms with Crippen molar-refractivity contribution in [3.05, 3.63) is 54.9 Å². The van der Waals surface area contributed by atoms with Crippen LogP contribution in [0, 0.1) is 0 Å². The molecule has 0 aliphatic carbocycles. The fraction of sp³-hybridized carbons (Fsp3) is 0.350. The van der Waals surface area contributed by atoms with Crippen LogP contribution in [-0.4, -0.2) is 45.6 Å². The van der Waals surface area contributed by atoms with Crippen LogP contribution >= 0.6 is 0 Å². The zero-order valence-electron chi connectivity index (χ0n) is 14.7. The first-order chi connectivity index (χ1) is 12.7. The van der Waals surface area contributed by atoms with Crippen LogP contribution in [0.3, 0.4) is 0 Å². The molecule has 138 valence electrons. The molecule has 1 heterocycles. The summed E-state index contributed by atoms with van der Waals surface area (Å²) in [5.74, 6) is 0.831. The summed E-state index contributed by atoms with van der Waals surface area (Å²) in [6.45, 7) is 2.50. The third-order valence-corrected chi connectivity index (χ3v) is 4.19. The van der Waals surface area contributed by atoms with Crippen molar-refractivity contribution in [2.24, 2.45) is 0 Å². The Kier molecular flexibility index (Phi) is 6.46. The molecule has 26 heavy (non-hydrogen) atoms. The third kappa shape index (κ3) is 5.21. The first-order valence-electron chi connectivity index (χ1n) is 8.93. The summed E-state index contributed by atoms with van der Waals surface area (Å²) in [4.78, 5) is 4.39. The number of aryl methyl sites for hydroxylation is 1. The maximum Gasteiger partial charge on any atom is 0.119 e. The molecule has 6 heteroatoms. The van der Waals surface area contributed by atoms with Crippen molar-refractivity contribution in [3.8, 4) is 11.5 Å². The SMILES string of the molecule is Oc1ccc(OCC(O)CNCCCCn2cnc3ccccc32)cc1. The molecule has 0 saturated heterocycles. The van der Waals surface area contributed by atoms with Crippen LogP contribution < -0.4 is 10.1 Å². The maximum atomic E-state index is 9.94. The minimum atomic E-state index is -0.568. The molecular weight excluding hydrogens is 330 g/mol. The van der Waals surface area contributed by atoms with E-state index in [1.165, 1.54) is 5.52 Å². The summed E-state index contributed by atoms with van der Waals surface area (Å²) < 4.78 is 7.66. The number of rotatable bonds is 10. The van der Waals surface area contributed by atoms with Crippen LogP contribution in [0.15, 0.2) is 54.9 Å². The molecule has 0 fully saturated rings. The summed E-state index contributed by atoms with van der Waals surface area (Å²) in [5.41, 5.74) is 2.20. The number of imidazole rings is 1. The Morgan fingerprint density at radius 3 is 2.73 bits per heavy atom. The van der Waals surface area contributed by atoms with Crippen molar-refractivity contribution in [1.29, 1.82) is 0 Å². The molecule has 0 aliphatic rings. The molecule has 0 bridgehead atoms. The lowest BCUT2D eigenvalue weighted by atomic mass is 10.2. The number of fused-ring (bicyclic) bond motifs is 1. The number of aromatic hydroxyl groups is 1. The summed E-state index contributed by atoms with van der Waals surface area (Å²) in [7, 11) is 0. The van der Waals surface area contributed by atoms with E-state index in [1.54, 1.807) is 24.3 Å². The Labute approximate surface area is 153 Å². The second-order valence-electron chi connectivity index (χ2n) is 6.30. The number of hydrogen-bond donors (Lipinski definition) is 3. The van der Waals surface area contributed by atoms with Crippen LogP contribution in [0.2, 0.25) is 0 Å². The first kappa shape index (κ1) is 18.2. The molecule has 3 rings (SSSR count). The lowest BCUT2D eigenvalue weighted by Gasteiger charge is -2.13. The van der Waals surface area contributed by atoms with Gasteiger partial charge >= 0.3 is 0 Å². The second-order valence-corrected chi connectivity index (χ2v) is 6.30. The summed E-state index contributed by atoms with van der Waals surface area (Å²) >= 11 is 0. The van der Waals surface area contributed by atoms with Gasteiger partial charge in [0.1, 0.15) is 24.2 Å². The van der Waals surface area contributed by atoms with Crippen LogP contribution in [0.1, 0.15) is 12.8 Å². The molecule has 0 amide bonds. The quantitative estimate of drug-likeness (QED) is 0.487. The van der Waals surface area contributed by atoms with Gasteiger partial charge in [0.2, 0.25) is 0 Å². The molecule has 1 aromatic heterocycles. The molecule has 0 saturated carbocycles. The molecule has 6 nitrogen and oxygen atoms in total. The van der Waals surface area contributed by atoms with E-state index in [-0.39, 0.29) is 12.4 Å². The number of nitrogens with one attached hydrogen (secondary N) is 1. The number of benzene rings is 2. The number of hydrogen-bond acceptors (Lipinski definition) is 5. The Balaban J connectivity index is 1.27. The smallest absolute Gasteiger partial charge is 0.119 e. The highest BCUT2D eigenvalue weighted by atomic mass is 16.5. The average Bonchev–Trinajstić information content (AvgIpc) is 3.07. The molecule has 3 aromatic rings. The lowest BCUT2D eigenvalue weighted by molar-refractivity contribution is 0.106. The topological polar surface area (TPSA) is 79.5 Å². The Morgan fingerprint density at radius 2 is 1.88 bits per heavy atom. The van der Waals surface area contributed by atoms with Gasteiger partial charge in [0.05, 0.1) is 17.4 Å². The first-order valence-corrected chi connectivity index (χ1v) is 8.93. The van der Waals surface area contributed by atoms with E-state index in [0.717, 1.165) is 31.4 Å². The average molecular weight is 355 g/mol. The predicted octanol–water partition coefficient (Wildman–Crippen LogP) is 2.55. The fourth-order valence-corrected chi connectivity index (χ4v) is 2.78. The highest BCUT2D eigenvalue weighted by molar-refractivity contribution is 5.74. The normalized spacial score (nSPS) is 12.3. The van der Waals surface area contributed by atoms with E-state index in [0.29, 0.717) is 12.3 Å². The van der Waals surface area contributed by atoms with Gasteiger partial charge in [-0.25, -0.2) is 4.98 Å². The fourth-order valence-electron chi connectivity index (χ4n) is 2.78. The van der Waals surface area contributed by atoms with E-state index < -0.39 is 6.10 Å². The number of para-hydroxylation sites is 2. The van der Waals surface area contributed by atoms with Crippen LogP contribution in [0.5, 0.6) is 11.5 Å². The Bertz CT molecular complexity index is 801. The molecule has 0 aliphatic heterocycles. The highest BCUT2D eigenvalue weighted by Crippen LogP contribution is 2.16. The van der Waals surface area contributed by atoms with Crippen LogP contribution in [0.25, 0.3) is 11.0 Å². The van der Waals surface area contributed by atoms with Crippen molar-refractivity contribution in [3.63, 3.8) is 0 Å². The largest absolute Gasteiger partial charge is 0.508 e. The zero-order chi connectivity index (χ0) is 18.2. The van der Waals surface area contributed by atoms with E-state index >= 15 is 0 Å². The van der Waals surface area contributed by atoms with Crippen molar-refractivity contribution < 1.29 is 14.9 Å². The molecule has 1 unspecified atom stereocenters. The van der Waals surface area contributed by atoms with Crippen molar-refractivity contribution in [1.82, 2.24) is 14.9 Å². The Hall–Kier alpha value is -2.57. The van der Waals surface area contributed by atoms with Gasteiger partial charge < -0.3 is 24.8 Å². The van der Waals surface area contributed by atoms with Gasteiger partial charge in [-0.2, -0.15) is 0 Å². The van der Waals surface area contributed by atoms with Crippen LogP contribution in [0.4, 0.5) is 0 Å². The van der Waals surface area contributed by atoms with Gasteiger partial charge in [-0.05, 0) is 55.8 Å². The second kappa shape index (κ2) is 9.22. The van der Waals surface area contributed by atoms with Gasteiger partial charge in [0, 0.05) is 13.1 Å². The molecule has 2 aromatic carbocycles. The zero-order valence-corrected chi connectivity index (χ0v) is 14.7. The van der Waals surface area contributed by atoms with E-state index in [9.17, 15) is 10.2 Å². The minimum absolute atomic E-state index is 0.197. The Morgan fingerprint density at radius 1 is 1.08 bits per heavy atom. The van der Waals surface area contributed by atoms with Gasteiger partial charge in [0.15, 0.2) is 0 Å². The molecule has 0 radical (unpaired) electrons. The highest BCUT2D eigenvalue weighted by Gasteiger charge is 2.05. The van der Waals surface area contributed by atoms with Crippen molar-refractivity contribution in [2.75, 3.05) is 19.7 Å². The van der Waals surface area contributed by atoms with Crippen LogP contribution in [-0.2, 0) is 6.54 Å². The van der Waals surface area contributed by atoms with Crippen molar-refractivity contribution in [2.45, 2.75) is 25.5 Å². The van der Waals surface area contributed by atoms with Gasteiger partial charge in [-0.15, -0.1) is 0 Å². The number of unbranched alkanes of at least 4 members (excludes halogenated alkanes) is 1. The summed E-state index contributed by atoms with van der Waals surface area (Å²) in [5, 5.41) is 22.4. The molecule has 3 N–H and O–H groups in total. The number of aliphatic hydroxyl groups is 1. The summed E-state index contributed by atoms with van der Waals surface area (Å²) in [6, 6.07) is 14.6. The maximum absolute atomic E-state index is 9.94. The van der Waals surface area contributed by atoms with Crippen molar-refractivity contribution >= 4 is 11.0 Å². The number of nitrogens with zero attached hydrogens (tertiary/aromatic N) is 2. The monoisotopic (exact) mass is 355 g/mol. The molecular formula is C20H25N3O3. The number of ether oxygens (including phenoxy) is 1. The third-order valence-electron chi connectivity index (χ3n) is 4.19. The lowest BCUT2D eigenvalue weighted by Crippen LogP contribution is -2.32. The van der Waals surface area contributed by atoms with E-state index in [1.807, 2.05) is 24.5 Å². The van der Waals surface area contributed by atoms with Gasteiger partial charge in [0.25, 0.3) is 0 Å². The standard InChI is InChI=1S/C20H25N3O3/c24-16-7-9-18(10-8-16)26-14-17(25)13-21-11-3-4-12-23-15-22-19-5-1-2-6-20(19)23/h1-2,5-10,15,17,21,24-25H,3-4,11-14H2. The number of aromatic nitrogens is 2. The van der Waals surface area contributed by atoms with E-state index in [4.69, 9.17) is 4.74 Å². The van der Waals surface area contributed by atoms with Gasteiger partial charge in [-0.3, -0.25) is 0 Å². The van der Waals surface area contributed by atoms with E-state index in [2.05, 4.69) is 20.9 Å². The van der Waals surface area contributed by atoms with Gasteiger partial charge in [-0.1, -0.05) is 12.1 Å². The minimum Gasteiger partial charge on any atom is -0.508 e. The number of phenolic OH excluding ortho intramolecular Hbond substituents is 1. The molecule has 1 atom stereocenters.